The smallest absolute Gasteiger partial charge is 0.222 e. The Kier molecular flexibility index (Phi) is 6.88. The zero-order valence-corrected chi connectivity index (χ0v) is 13.5. The van der Waals surface area contributed by atoms with Crippen molar-refractivity contribution in [2.45, 2.75) is 30.7 Å². The highest BCUT2D eigenvalue weighted by Crippen LogP contribution is 2.20. The molecule has 0 aliphatic heterocycles. The number of rotatable bonds is 7. The van der Waals surface area contributed by atoms with Crippen LogP contribution in [-0.4, -0.2) is 41.9 Å². The van der Waals surface area contributed by atoms with Crippen molar-refractivity contribution in [1.29, 1.82) is 0 Å². The van der Waals surface area contributed by atoms with Crippen molar-refractivity contribution >= 4 is 16.7 Å². The predicted molar refractivity (Wildman–Crippen MR) is 83.1 cm³/mol. The van der Waals surface area contributed by atoms with Gasteiger partial charge in [-0.15, -0.1) is 0 Å². The van der Waals surface area contributed by atoms with E-state index in [1.54, 1.807) is 11.2 Å². The van der Waals surface area contributed by atoms with Crippen molar-refractivity contribution in [1.82, 2.24) is 10.2 Å². The van der Waals surface area contributed by atoms with Crippen LogP contribution in [0, 0.1) is 0 Å². The maximum atomic E-state index is 12.1. The van der Waals surface area contributed by atoms with Crippen LogP contribution in [0.25, 0.3) is 0 Å². The highest BCUT2D eigenvalue weighted by Gasteiger charge is 2.16. The van der Waals surface area contributed by atoms with Gasteiger partial charge in [0.2, 0.25) is 5.91 Å². The van der Waals surface area contributed by atoms with Crippen LogP contribution in [0.2, 0.25) is 0 Å². The van der Waals surface area contributed by atoms with Crippen molar-refractivity contribution < 1.29 is 9.00 Å². The average Bonchev–Trinajstić information content (AvgIpc) is 2.46. The van der Waals surface area contributed by atoms with E-state index in [4.69, 9.17) is 0 Å². The van der Waals surface area contributed by atoms with Crippen LogP contribution < -0.4 is 5.32 Å². The Balaban J connectivity index is 2.65. The molecule has 4 nitrogen and oxygen atoms in total. The largest absolute Gasteiger partial charge is 0.339 e. The minimum absolute atomic E-state index is 0.0245. The van der Waals surface area contributed by atoms with Gasteiger partial charge in [-0.1, -0.05) is 12.1 Å². The first-order chi connectivity index (χ1) is 9.47. The van der Waals surface area contributed by atoms with Crippen LogP contribution in [-0.2, 0) is 15.6 Å². The van der Waals surface area contributed by atoms with E-state index in [0.717, 1.165) is 23.4 Å². The first kappa shape index (κ1) is 16.9. The van der Waals surface area contributed by atoms with E-state index in [9.17, 15) is 9.00 Å². The molecular formula is C15H24N2O2S. The Morgan fingerprint density at radius 2 is 1.95 bits per heavy atom. The summed E-state index contributed by atoms with van der Waals surface area (Å²) in [5, 5.41) is 3.04. The Hall–Kier alpha value is -1.20. The lowest BCUT2D eigenvalue weighted by Gasteiger charge is -2.25. The lowest BCUT2D eigenvalue weighted by atomic mass is 10.1. The number of hydrogen-bond acceptors (Lipinski definition) is 3. The summed E-state index contributed by atoms with van der Waals surface area (Å²) in [6.07, 6.45) is 3.06. The first-order valence-electron chi connectivity index (χ1n) is 6.81. The number of nitrogens with one attached hydrogen (secondary N) is 1. The van der Waals surface area contributed by atoms with Gasteiger partial charge in [0.05, 0.1) is 6.04 Å². The number of amides is 1. The van der Waals surface area contributed by atoms with Crippen molar-refractivity contribution in [2.75, 3.05) is 26.9 Å². The molecule has 1 rings (SSSR count). The molecule has 1 N–H and O–H groups in total. The van der Waals surface area contributed by atoms with Gasteiger partial charge in [0.1, 0.15) is 0 Å². The molecule has 0 bridgehead atoms. The number of benzene rings is 1. The summed E-state index contributed by atoms with van der Waals surface area (Å²) in [5.41, 5.74) is 1.06. The van der Waals surface area contributed by atoms with Gasteiger partial charge in [0, 0.05) is 35.4 Å². The van der Waals surface area contributed by atoms with E-state index >= 15 is 0 Å². The second-order valence-electron chi connectivity index (χ2n) is 4.91. The molecular weight excluding hydrogens is 272 g/mol. The number of carbonyl (C=O) groups excluding carboxylic acids is 1. The lowest BCUT2D eigenvalue weighted by molar-refractivity contribution is -0.131. The summed E-state index contributed by atoms with van der Waals surface area (Å²) in [5.74, 6) is 0.149. The summed E-state index contributed by atoms with van der Waals surface area (Å²) in [4.78, 5) is 14.6. The number of hydrogen-bond donors (Lipinski definition) is 1. The summed E-state index contributed by atoms with van der Waals surface area (Å²) in [6, 6.07) is 7.64. The molecule has 0 aliphatic carbocycles. The summed E-state index contributed by atoms with van der Waals surface area (Å²) in [6.45, 7) is 2.86. The van der Waals surface area contributed by atoms with Gasteiger partial charge >= 0.3 is 0 Å². The van der Waals surface area contributed by atoms with Crippen molar-refractivity contribution in [2.24, 2.45) is 0 Å². The normalized spacial score (nSPS) is 13.8. The van der Waals surface area contributed by atoms with Crippen LogP contribution in [0.5, 0.6) is 0 Å². The molecule has 1 aromatic carbocycles. The summed E-state index contributed by atoms with van der Waals surface area (Å²) >= 11 is 0. The van der Waals surface area contributed by atoms with Crippen molar-refractivity contribution in [3.63, 3.8) is 0 Å². The third-order valence-electron chi connectivity index (χ3n) is 3.49. The molecule has 0 saturated heterocycles. The van der Waals surface area contributed by atoms with Gasteiger partial charge in [-0.25, -0.2) is 0 Å². The fourth-order valence-electron chi connectivity index (χ4n) is 1.97. The zero-order chi connectivity index (χ0) is 15.1. The van der Waals surface area contributed by atoms with Crippen LogP contribution in [0.4, 0.5) is 0 Å². The molecule has 20 heavy (non-hydrogen) atoms. The maximum absolute atomic E-state index is 12.1. The van der Waals surface area contributed by atoms with Gasteiger partial charge in [-0.2, -0.15) is 0 Å². The van der Waals surface area contributed by atoms with Crippen molar-refractivity contribution in [3.8, 4) is 0 Å². The SMILES string of the molecule is CNCCCC(=O)N(C)C(C)c1ccc(S(C)=O)cc1. The minimum atomic E-state index is -0.963. The molecule has 0 fully saturated rings. The highest BCUT2D eigenvalue weighted by molar-refractivity contribution is 7.84. The topological polar surface area (TPSA) is 49.4 Å². The van der Waals surface area contributed by atoms with E-state index in [-0.39, 0.29) is 11.9 Å². The Morgan fingerprint density at radius 3 is 2.45 bits per heavy atom. The fourth-order valence-corrected chi connectivity index (χ4v) is 2.49. The quantitative estimate of drug-likeness (QED) is 0.782. The average molecular weight is 296 g/mol. The van der Waals surface area contributed by atoms with E-state index in [1.165, 1.54) is 0 Å². The molecule has 0 spiro atoms. The summed E-state index contributed by atoms with van der Waals surface area (Å²) < 4.78 is 11.4. The number of nitrogens with zero attached hydrogens (tertiary/aromatic N) is 1. The van der Waals surface area contributed by atoms with E-state index in [1.807, 2.05) is 45.3 Å². The highest BCUT2D eigenvalue weighted by atomic mass is 32.2. The van der Waals surface area contributed by atoms with Gasteiger partial charge in [-0.05, 0) is 44.6 Å². The molecule has 0 heterocycles. The van der Waals surface area contributed by atoms with E-state index in [2.05, 4.69) is 5.32 Å². The zero-order valence-electron chi connectivity index (χ0n) is 12.7. The second kappa shape index (κ2) is 8.17. The van der Waals surface area contributed by atoms with Crippen LogP contribution in [0.15, 0.2) is 29.2 Å². The molecule has 1 amide bonds. The molecule has 0 radical (unpaired) electrons. The Labute approximate surface area is 124 Å². The lowest BCUT2D eigenvalue weighted by Crippen LogP contribution is -2.30. The van der Waals surface area contributed by atoms with Gasteiger partial charge in [0.15, 0.2) is 0 Å². The maximum Gasteiger partial charge on any atom is 0.222 e. The molecule has 5 heteroatoms. The number of carbonyl (C=O) groups is 1. The van der Waals surface area contributed by atoms with Crippen LogP contribution in [0.3, 0.4) is 0 Å². The minimum Gasteiger partial charge on any atom is -0.339 e. The molecule has 1 aromatic rings. The summed E-state index contributed by atoms with van der Waals surface area (Å²) in [7, 11) is 2.75. The molecule has 0 aliphatic rings. The molecule has 0 aromatic heterocycles. The monoisotopic (exact) mass is 296 g/mol. The Bertz CT molecular complexity index is 459. The Morgan fingerprint density at radius 1 is 1.35 bits per heavy atom. The van der Waals surface area contributed by atoms with E-state index in [0.29, 0.717) is 6.42 Å². The van der Waals surface area contributed by atoms with Gasteiger partial charge < -0.3 is 10.2 Å². The van der Waals surface area contributed by atoms with Crippen LogP contribution in [0.1, 0.15) is 31.4 Å². The molecule has 2 atom stereocenters. The van der Waals surface area contributed by atoms with Gasteiger partial charge in [-0.3, -0.25) is 9.00 Å². The standard InChI is InChI=1S/C15H24N2O2S/c1-12(17(3)15(18)6-5-11-16-2)13-7-9-14(10-8-13)20(4)19/h7-10,12,16H,5-6,11H2,1-4H3. The molecule has 112 valence electrons. The molecule has 2 unspecified atom stereocenters. The van der Waals surface area contributed by atoms with Crippen LogP contribution >= 0.6 is 0 Å². The second-order valence-corrected chi connectivity index (χ2v) is 6.29. The molecule has 0 saturated carbocycles. The van der Waals surface area contributed by atoms with E-state index < -0.39 is 10.8 Å². The third kappa shape index (κ3) is 4.72. The third-order valence-corrected chi connectivity index (χ3v) is 4.42. The van der Waals surface area contributed by atoms with Crippen molar-refractivity contribution in [3.05, 3.63) is 29.8 Å². The van der Waals surface area contributed by atoms with Gasteiger partial charge in [0.25, 0.3) is 0 Å². The fraction of sp³-hybridized carbons (Fsp3) is 0.533. The first-order valence-corrected chi connectivity index (χ1v) is 8.36. The predicted octanol–water partition coefficient (Wildman–Crippen LogP) is 1.94.